The van der Waals surface area contributed by atoms with Crippen LogP contribution in [-0.4, -0.2) is 11.5 Å². The Morgan fingerprint density at radius 2 is 2.05 bits per heavy atom. The molecule has 3 nitrogen and oxygen atoms in total. The lowest BCUT2D eigenvalue weighted by Gasteiger charge is -2.10. The van der Waals surface area contributed by atoms with Crippen molar-refractivity contribution in [1.82, 2.24) is 4.98 Å². The zero-order chi connectivity index (χ0) is 13.7. The van der Waals surface area contributed by atoms with Gasteiger partial charge in [0.15, 0.2) is 0 Å². The zero-order valence-electron chi connectivity index (χ0n) is 11.2. The van der Waals surface area contributed by atoms with Crippen LogP contribution >= 0.6 is 11.3 Å². The monoisotopic (exact) mass is 271 g/mol. The lowest BCUT2D eigenvalue weighted by molar-refractivity contribution is 0.675. The molecule has 1 N–H and O–H groups in total. The molecule has 2 aromatic rings. The Balaban J connectivity index is 1.90. The second-order valence-corrected chi connectivity index (χ2v) is 5.78. The van der Waals surface area contributed by atoms with Crippen molar-refractivity contribution in [2.24, 2.45) is 0 Å². The number of nitrogens with one attached hydrogen (secondary N) is 1. The second-order valence-electron chi connectivity index (χ2n) is 4.92. The highest BCUT2D eigenvalue weighted by atomic mass is 32.1. The summed E-state index contributed by atoms with van der Waals surface area (Å²) < 4.78 is 0. The Hall–Kier alpha value is -1.86. The number of anilines is 1. The van der Waals surface area contributed by atoms with E-state index in [4.69, 9.17) is 5.26 Å². The predicted octanol–water partition coefficient (Wildman–Crippen LogP) is 3.60. The van der Waals surface area contributed by atoms with Crippen molar-refractivity contribution in [2.45, 2.75) is 25.7 Å². The Labute approximate surface area is 117 Å². The molecule has 0 saturated carbocycles. The number of benzene rings is 1. The molecule has 0 bridgehead atoms. The minimum Gasteiger partial charge on any atom is -0.385 e. The van der Waals surface area contributed by atoms with Gasteiger partial charge in [-0.05, 0) is 26.0 Å². The van der Waals surface area contributed by atoms with E-state index in [0.717, 1.165) is 29.4 Å². The number of aromatic nitrogens is 1. The first-order valence-corrected chi connectivity index (χ1v) is 7.15. The molecule has 0 aliphatic heterocycles. The maximum Gasteiger partial charge on any atom is 0.113 e. The lowest BCUT2D eigenvalue weighted by atomic mass is 9.97. The summed E-state index contributed by atoms with van der Waals surface area (Å²) in [6.45, 7) is 4.65. The molecule has 2 rings (SSSR count). The SMILES string of the molecule is CC(C)(C#N)c1nc(CCNc2ccccc2)cs1. The van der Waals surface area contributed by atoms with E-state index < -0.39 is 5.41 Å². The largest absolute Gasteiger partial charge is 0.385 e. The highest BCUT2D eigenvalue weighted by Gasteiger charge is 2.23. The maximum atomic E-state index is 9.09. The first-order valence-electron chi connectivity index (χ1n) is 6.27. The van der Waals surface area contributed by atoms with Crippen LogP contribution in [0.15, 0.2) is 35.7 Å². The maximum absolute atomic E-state index is 9.09. The van der Waals surface area contributed by atoms with Crippen LogP contribution in [0, 0.1) is 11.3 Å². The molecule has 0 saturated heterocycles. The van der Waals surface area contributed by atoms with Gasteiger partial charge in [-0.25, -0.2) is 4.98 Å². The van der Waals surface area contributed by atoms with E-state index in [-0.39, 0.29) is 0 Å². The molecule has 1 aromatic heterocycles. The molecule has 1 heterocycles. The van der Waals surface area contributed by atoms with Gasteiger partial charge in [-0.3, -0.25) is 0 Å². The first-order chi connectivity index (χ1) is 9.12. The number of hydrogen-bond donors (Lipinski definition) is 1. The number of para-hydroxylation sites is 1. The normalized spacial score (nSPS) is 11.0. The molecular weight excluding hydrogens is 254 g/mol. The van der Waals surface area contributed by atoms with Gasteiger partial charge in [0.25, 0.3) is 0 Å². The van der Waals surface area contributed by atoms with Crippen LogP contribution in [0.3, 0.4) is 0 Å². The van der Waals surface area contributed by atoms with Crippen molar-refractivity contribution in [1.29, 1.82) is 5.26 Å². The van der Waals surface area contributed by atoms with E-state index in [1.165, 1.54) is 0 Å². The van der Waals surface area contributed by atoms with Crippen LogP contribution in [0.25, 0.3) is 0 Å². The summed E-state index contributed by atoms with van der Waals surface area (Å²) in [5, 5.41) is 15.4. The van der Waals surface area contributed by atoms with Gasteiger partial charge in [-0.15, -0.1) is 11.3 Å². The molecule has 98 valence electrons. The topological polar surface area (TPSA) is 48.7 Å². The minimum atomic E-state index is -0.490. The standard InChI is InChI=1S/C15H17N3S/c1-15(2,11-16)14-18-13(10-19-14)8-9-17-12-6-4-3-5-7-12/h3-7,10,17H,8-9H2,1-2H3. The van der Waals surface area contributed by atoms with Crippen molar-refractivity contribution in [3.63, 3.8) is 0 Å². The minimum absolute atomic E-state index is 0.490. The van der Waals surface area contributed by atoms with Gasteiger partial charge in [0.2, 0.25) is 0 Å². The lowest BCUT2D eigenvalue weighted by Crippen LogP contribution is -2.13. The molecule has 0 aliphatic carbocycles. The molecule has 0 unspecified atom stereocenters. The Morgan fingerprint density at radius 3 is 2.74 bits per heavy atom. The van der Waals surface area contributed by atoms with E-state index in [1.54, 1.807) is 11.3 Å². The summed E-state index contributed by atoms with van der Waals surface area (Å²) in [4.78, 5) is 4.54. The summed E-state index contributed by atoms with van der Waals surface area (Å²) in [5.74, 6) is 0. The number of rotatable bonds is 5. The van der Waals surface area contributed by atoms with E-state index in [2.05, 4.69) is 16.4 Å². The molecular formula is C15H17N3S. The average molecular weight is 271 g/mol. The highest BCUT2D eigenvalue weighted by molar-refractivity contribution is 7.09. The van der Waals surface area contributed by atoms with Gasteiger partial charge in [0.05, 0.1) is 11.8 Å². The van der Waals surface area contributed by atoms with Crippen molar-refractivity contribution in [3.05, 3.63) is 46.4 Å². The second kappa shape index (κ2) is 5.85. The molecule has 1 aromatic carbocycles. The fourth-order valence-corrected chi connectivity index (χ4v) is 2.58. The third kappa shape index (κ3) is 3.55. The first kappa shape index (κ1) is 13.6. The molecule has 19 heavy (non-hydrogen) atoms. The van der Waals surface area contributed by atoms with E-state index in [0.29, 0.717) is 0 Å². The van der Waals surface area contributed by atoms with Crippen molar-refractivity contribution in [2.75, 3.05) is 11.9 Å². The van der Waals surface area contributed by atoms with Crippen LogP contribution in [-0.2, 0) is 11.8 Å². The van der Waals surface area contributed by atoms with Crippen LogP contribution in [0.1, 0.15) is 24.5 Å². The third-order valence-corrected chi connectivity index (χ3v) is 4.06. The Bertz CT molecular complexity index is 567. The highest BCUT2D eigenvalue weighted by Crippen LogP contribution is 2.25. The van der Waals surface area contributed by atoms with Crippen LogP contribution in [0.5, 0.6) is 0 Å². The molecule has 0 spiro atoms. The fraction of sp³-hybridized carbons (Fsp3) is 0.333. The van der Waals surface area contributed by atoms with Crippen LogP contribution in [0.2, 0.25) is 0 Å². The van der Waals surface area contributed by atoms with Gasteiger partial charge in [0.1, 0.15) is 10.4 Å². The number of thiazole rings is 1. The summed E-state index contributed by atoms with van der Waals surface area (Å²) in [5.41, 5.74) is 1.68. The van der Waals surface area contributed by atoms with Crippen molar-refractivity contribution >= 4 is 17.0 Å². The molecule has 0 aliphatic rings. The zero-order valence-corrected chi connectivity index (χ0v) is 12.0. The van der Waals surface area contributed by atoms with E-state index in [9.17, 15) is 0 Å². The van der Waals surface area contributed by atoms with Gasteiger partial charge >= 0.3 is 0 Å². The quantitative estimate of drug-likeness (QED) is 0.904. The summed E-state index contributed by atoms with van der Waals surface area (Å²) in [7, 11) is 0. The molecule has 0 atom stereocenters. The third-order valence-electron chi connectivity index (χ3n) is 2.85. The average Bonchev–Trinajstić information content (AvgIpc) is 2.90. The predicted molar refractivity (Wildman–Crippen MR) is 79.4 cm³/mol. The van der Waals surface area contributed by atoms with Crippen molar-refractivity contribution in [3.8, 4) is 6.07 Å². The van der Waals surface area contributed by atoms with E-state index >= 15 is 0 Å². The van der Waals surface area contributed by atoms with Gasteiger partial charge in [0, 0.05) is 24.0 Å². The number of hydrogen-bond acceptors (Lipinski definition) is 4. The van der Waals surface area contributed by atoms with Gasteiger partial charge < -0.3 is 5.32 Å². The fourth-order valence-electron chi connectivity index (χ4n) is 1.65. The molecule has 0 fully saturated rings. The molecule has 0 radical (unpaired) electrons. The molecule has 0 amide bonds. The summed E-state index contributed by atoms with van der Waals surface area (Å²) >= 11 is 1.57. The smallest absolute Gasteiger partial charge is 0.113 e. The Morgan fingerprint density at radius 1 is 1.32 bits per heavy atom. The summed E-state index contributed by atoms with van der Waals surface area (Å²) in [6, 6.07) is 12.4. The van der Waals surface area contributed by atoms with Gasteiger partial charge in [-0.1, -0.05) is 18.2 Å². The molecule has 4 heteroatoms. The van der Waals surface area contributed by atoms with Gasteiger partial charge in [-0.2, -0.15) is 5.26 Å². The van der Waals surface area contributed by atoms with E-state index in [1.807, 2.05) is 49.6 Å². The number of nitrogens with zero attached hydrogens (tertiary/aromatic N) is 2. The Kier molecular flexibility index (Phi) is 4.18. The van der Waals surface area contributed by atoms with Crippen LogP contribution in [0.4, 0.5) is 5.69 Å². The van der Waals surface area contributed by atoms with Crippen LogP contribution < -0.4 is 5.32 Å². The summed E-state index contributed by atoms with van der Waals surface area (Å²) in [6.07, 6.45) is 0.868. The van der Waals surface area contributed by atoms with Crippen molar-refractivity contribution < 1.29 is 0 Å². The number of nitriles is 1.